The van der Waals surface area contributed by atoms with Gasteiger partial charge in [-0.3, -0.25) is 0 Å². The van der Waals surface area contributed by atoms with E-state index in [1.807, 2.05) is 23.1 Å². The molecule has 1 aromatic heterocycles. The van der Waals surface area contributed by atoms with Crippen molar-refractivity contribution in [1.29, 1.82) is 0 Å². The predicted molar refractivity (Wildman–Crippen MR) is 77.4 cm³/mol. The molecule has 2 unspecified atom stereocenters. The van der Waals surface area contributed by atoms with Crippen LogP contribution in [0.15, 0.2) is 12.1 Å². The quantitative estimate of drug-likeness (QED) is 0.825. The molecule has 0 saturated carbocycles. The zero-order valence-corrected chi connectivity index (χ0v) is 12.3. The first-order valence-electron chi connectivity index (χ1n) is 5.98. The van der Waals surface area contributed by atoms with Crippen LogP contribution in [-0.4, -0.2) is 11.8 Å². The number of thiophene rings is 1. The standard InChI is InChI=1S/C13H23NS2/c1-5-11(14)13(15-8-9(2)3)12-7-6-10(4)16-12/h6-7,9,11,13H,5,8,14H2,1-4H3. The number of thioether (sulfide) groups is 1. The van der Waals surface area contributed by atoms with Gasteiger partial charge in [-0.2, -0.15) is 11.8 Å². The third kappa shape index (κ3) is 4.11. The van der Waals surface area contributed by atoms with E-state index in [0.717, 1.165) is 12.3 Å². The SMILES string of the molecule is CCC(N)C(SCC(C)C)c1ccc(C)s1. The van der Waals surface area contributed by atoms with Crippen LogP contribution in [0.4, 0.5) is 0 Å². The molecule has 0 aliphatic heterocycles. The van der Waals surface area contributed by atoms with Crippen LogP contribution in [0.25, 0.3) is 0 Å². The predicted octanol–water partition coefficient (Wildman–Crippen LogP) is 4.22. The van der Waals surface area contributed by atoms with Gasteiger partial charge < -0.3 is 5.73 Å². The first kappa shape index (κ1) is 14.1. The molecule has 0 amide bonds. The Kier molecular flexibility index (Phi) is 5.87. The summed E-state index contributed by atoms with van der Waals surface area (Å²) in [5, 5.41) is 0.478. The minimum Gasteiger partial charge on any atom is -0.326 e. The number of rotatable bonds is 6. The van der Waals surface area contributed by atoms with Gasteiger partial charge in [0.05, 0.1) is 5.25 Å². The molecular formula is C13H23NS2. The van der Waals surface area contributed by atoms with E-state index in [0.29, 0.717) is 5.25 Å². The van der Waals surface area contributed by atoms with Gasteiger partial charge in [0.1, 0.15) is 0 Å². The van der Waals surface area contributed by atoms with Crippen molar-refractivity contribution < 1.29 is 0 Å². The Labute approximate surface area is 108 Å². The minimum absolute atomic E-state index is 0.279. The second-order valence-corrected chi connectivity index (χ2v) is 7.16. The fraction of sp³-hybridized carbons (Fsp3) is 0.692. The Morgan fingerprint density at radius 1 is 1.38 bits per heavy atom. The highest BCUT2D eigenvalue weighted by Crippen LogP contribution is 2.37. The van der Waals surface area contributed by atoms with Gasteiger partial charge in [-0.25, -0.2) is 0 Å². The van der Waals surface area contributed by atoms with Crippen LogP contribution in [0.1, 0.15) is 42.2 Å². The summed E-state index contributed by atoms with van der Waals surface area (Å²) in [5.41, 5.74) is 6.23. The molecule has 0 saturated heterocycles. The molecule has 0 fully saturated rings. The molecule has 92 valence electrons. The maximum atomic E-state index is 6.23. The largest absolute Gasteiger partial charge is 0.326 e. The summed E-state index contributed by atoms with van der Waals surface area (Å²) in [6, 6.07) is 4.72. The van der Waals surface area contributed by atoms with Gasteiger partial charge in [0, 0.05) is 15.8 Å². The molecule has 0 bridgehead atoms. The van der Waals surface area contributed by atoms with Gasteiger partial charge in [0.2, 0.25) is 0 Å². The fourth-order valence-corrected chi connectivity index (χ4v) is 4.09. The molecule has 0 aromatic carbocycles. The number of aryl methyl sites for hydroxylation is 1. The van der Waals surface area contributed by atoms with Crippen LogP contribution in [0.3, 0.4) is 0 Å². The van der Waals surface area contributed by atoms with E-state index >= 15 is 0 Å². The van der Waals surface area contributed by atoms with Crippen LogP contribution in [0.5, 0.6) is 0 Å². The van der Waals surface area contributed by atoms with Crippen LogP contribution >= 0.6 is 23.1 Å². The molecule has 2 N–H and O–H groups in total. The van der Waals surface area contributed by atoms with E-state index in [2.05, 4.69) is 39.8 Å². The van der Waals surface area contributed by atoms with Gasteiger partial charge in [-0.1, -0.05) is 20.8 Å². The lowest BCUT2D eigenvalue weighted by molar-refractivity contribution is 0.636. The molecule has 0 aliphatic rings. The molecule has 3 heteroatoms. The highest BCUT2D eigenvalue weighted by Gasteiger charge is 2.20. The second-order valence-electron chi connectivity index (χ2n) is 4.67. The highest BCUT2D eigenvalue weighted by atomic mass is 32.2. The molecule has 16 heavy (non-hydrogen) atoms. The van der Waals surface area contributed by atoms with Crippen molar-refractivity contribution in [2.75, 3.05) is 5.75 Å². The summed E-state index contributed by atoms with van der Waals surface area (Å²) in [6.07, 6.45) is 1.05. The number of nitrogens with two attached hydrogens (primary N) is 1. The number of hydrogen-bond acceptors (Lipinski definition) is 3. The van der Waals surface area contributed by atoms with Crippen molar-refractivity contribution in [3.8, 4) is 0 Å². The fourth-order valence-electron chi connectivity index (χ4n) is 1.53. The average Bonchev–Trinajstić information content (AvgIpc) is 2.64. The second kappa shape index (κ2) is 6.67. The molecular weight excluding hydrogens is 234 g/mol. The van der Waals surface area contributed by atoms with Crippen LogP contribution in [0.2, 0.25) is 0 Å². The van der Waals surface area contributed by atoms with Gasteiger partial charge in [-0.15, -0.1) is 11.3 Å². The number of hydrogen-bond donors (Lipinski definition) is 1. The summed E-state index contributed by atoms with van der Waals surface area (Å²) in [4.78, 5) is 2.82. The average molecular weight is 257 g/mol. The minimum atomic E-state index is 0.279. The Morgan fingerprint density at radius 3 is 2.50 bits per heavy atom. The Morgan fingerprint density at radius 2 is 2.06 bits per heavy atom. The van der Waals surface area contributed by atoms with Gasteiger partial charge in [-0.05, 0) is 37.1 Å². The topological polar surface area (TPSA) is 26.0 Å². The molecule has 1 heterocycles. The van der Waals surface area contributed by atoms with Crippen molar-refractivity contribution in [3.05, 3.63) is 21.9 Å². The van der Waals surface area contributed by atoms with Crippen molar-refractivity contribution in [2.24, 2.45) is 11.7 Å². The zero-order chi connectivity index (χ0) is 12.1. The van der Waals surface area contributed by atoms with E-state index < -0.39 is 0 Å². The molecule has 1 nitrogen and oxygen atoms in total. The zero-order valence-electron chi connectivity index (χ0n) is 10.7. The third-order valence-corrected chi connectivity index (χ3v) is 5.57. The molecule has 0 spiro atoms. The van der Waals surface area contributed by atoms with Crippen molar-refractivity contribution >= 4 is 23.1 Å². The van der Waals surface area contributed by atoms with Gasteiger partial charge in [0.25, 0.3) is 0 Å². The smallest absolute Gasteiger partial charge is 0.0542 e. The molecule has 1 aromatic rings. The summed E-state index contributed by atoms with van der Waals surface area (Å²) < 4.78 is 0. The summed E-state index contributed by atoms with van der Waals surface area (Å²) in [7, 11) is 0. The lowest BCUT2D eigenvalue weighted by Gasteiger charge is -2.22. The first-order valence-corrected chi connectivity index (χ1v) is 7.84. The summed E-state index contributed by atoms with van der Waals surface area (Å²) >= 11 is 3.90. The van der Waals surface area contributed by atoms with E-state index in [-0.39, 0.29) is 6.04 Å². The lowest BCUT2D eigenvalue weighted by Crippen LogP contribution is -2.25. The molecule has 0 radical (unpaired) electrons. The summed E-state index contributed by atoms with van der Waals surface area (Å²) in [5.74, 6) is 1.92. The maximum Gasteiger partial charge on any atom is 0.0542 e. The maximum absolute atomic E-state index is 6.23. The van der Waals surface area contributed by atoms with E-state index in [9.17, 15) is 0 Å². The molecule has 2 atom stereocenters. The van der Waals surface area contributed by atoms with Crippen molar-refractivity contribution in [1.82, 2.24) is 0 Å². The van der Waals surface area contributed by atoms with Gasteiger partial charge in [0.15, 0.2) is 0 Å². The third-order valence-electron chi connectivity index (χ3n) is 2.51. The van der Waals surface area contributed by atoms with E-state index in [1.54, 1.807) is 0 Å². The Hall–Kier alpha value is 0.01000. The Bertz CT molecular complexity index is 307. The van der Waals surface area contributed by atoms with Crippen LogP contribution < -0.4 is 5.73 Å². The van der Waals surface area contributed by atoms with Gasteiger partial charge >= 0.3 is 0 Å². The van der Waals surface area contributed by atoms with Crippen molar-refractivity contribution in [2.45, 2.75) is 45.4 Å². The van der Waals surface area contributed by atoms with Crippen molar-refractivity contribution in [3.63, 3.8) is 0 Å². The van der Waals surface area contributed by atoms with Crippen LogP contribution in [0, 0.1) is 12.8 Å². The van der Waals surface area contributed by atoms with E-state index in [1.165, 1.54) is 15.5 Å². The summed E-state index contributed by atoms with van der Waals surface area (Å²) in [6.45, 7) is 8.87. The van der Waals surface area contributed by atoms with Crippen LogP contribution in [-0.2, 0) is 0 Å². The normalized spacial score (nSPS) is 15.4. The lowest BCUT2D eigenvalue weighted by atomic mass is 10.1. The Balaban J connectivity index is 2.71. The monoisotopic (exact) mass is 257 g/mol. The molecule has 0 aliphatic carbocycles. The highest BCUT2D eigenvalue weighted by molar-refractivity contribution is 7.99. The van der Waals surface area contributed by atoms with E-state index in [4.69, 9.17) is 5.73 Å². The first-order chi connectivity index (χ1) is 7.54. The molecule has 1 rings (SSSR count).